The van der Waals surface area contributed by atoms with Gasteiger partial charge in [0.15, 0.2) is 5.79 Å². The molecule has 24 heavy (non-hydrogen) atoms. The van der Waals surface area contributed by atoms with E-state index in [0.29, 0.717) is 5.41 Å². The molecule has 0 aromatic rings. The molecular formula is C22H30O2. The number of allylic oxidation sites excluding steroid dienone is 4. The largest absolute Gasteiger partial charge is 0.344 e. The highest BCUT2D eigenvalue weighted by Gasteiger charge is 2.57. The smallest absolute Gasteiger partial charge is 0.188 e. The van der Waals surface area contributed by atoms with Crippen LogP contribution in [0.2, 0.25) is 0 Å². The third-order valence-corrected chi connectivity index (χ3v) is 8.19. The normalized spacial score (nSPS) is 48.8. The predicted molar refractivity (Wildman–Crippen MR) is 95.4 cm³/mol. The lowest BCUT2D eigenvalue weighted by Crippen LogP contribution is -2.51. The molecule has 1 saturated heterocycles. The lowest BCUT2D eigenvalue weighted by Gasteiger charge is -2.58. The summed E-state index contributed by atoms with van der Waals surface area (Å²) in [5, 5.41) is 0. The molecular weight excluding hydrogens is 296 g/mol. The molecule has 5 atom stereocenters. The van der Waals surface area contributed by atoms with Crippen LogP contribution < -0.4 is 0 Å². The molecule has 0 bridgehead atoms. The maximum absolute atomic E-state index is 6.00. The summed E-state index contributed by atoms with van der Waals surface area (Å²) in [6, 6.07) is 0. The summed E-state index contributed by atoms with van der Waals surface area (Å²) >= 11 is 0. The van der Waals surface area contributed by atoms with Crippen molar-refractivity contribution in [3.8, 4) is 0 Å². The van der Waals surface area contributed by atoms with Crippen LogP contribution in [0.15, 0.2) is 36.0 Å². The van der Waals surface area contributed by atoms with E-state index in [9.17, 15) is 0 Å². The first-order valence-electron chi connectivity index (χ1n) is 9.83. The first kappa shape index (κ1) is 15.4. The summed E-state index contributed by atoms with van der Waals surface area (Å²) < 4.78 is 12.0. The molecule has 1 heterocycles. The minimum absolute atomic E-state index is 0.268. The number of hydrogen-bond donors (Lipinski definition) is 0. The minimum Gasteiger partial charge on any atom is -0.344 e. The SMILES string of the molecule is C=C1C[C@H]2[C@@H]3CC=C[C@@]3(C)CC[C@@H]2[C@@]2(C)CCC3(C=C12)OCCO3. The molecule has 0 aromatic heterocycles. The van der Waals surface area contributed by atoms with Gasteiger partial charge in [0.25, 0.3) is 0 Å². The molecule has 0 aromatic carbocycles. The van der Waals surface area contributed by atoms with Crippen molar-refractivity contribution < 1.29 is 9.47 Å². The zero-order valence-electron chi connectivity index (χ0n) is 15.1. The lowest BCUT2D eigenvalue weighted by molar-refractivity contribution is -0.140. The Morgan fingerprint density at radius 3 is 2.67 bits per heavy atom. The summed E-state index contributed by atoms with van der Waals surface area (Å²) in [7, 11) is 0. The van der Waals surface area contributed by atoms with Gasteiger partial charge in [-0.3, -0.25) is 0 Å². The van der Waals surface area contributed by atoms with Crippen molar-refractivity contribution in [3.63, 3.8) is 0 Å². The fourth-order valence-corrected chi connectivity index (χ4v) is 6.86. The van der Waals surface area contributed by atoms with Crippen LogP contribution in [0.5, 0.6) is 0 Å². The molecule has 1 aliphatic heterocycles. The molecule has 5 rings (SSSR count). The van der Waals surface area contributed by atoms with Crippen LogP contribution in [-0.4, -0.2) is 19.0 Å². The van der Waals surface area contributed by atoms with Crippen LogP contribution in [0.1, 0.15) is 52.4 Å². The summed E-state index contributed by atoms with van der Waals surface area (Å²) in [5.74, 6) is 1.97. The van der Waals surface area contributed by atoms with E-state index in [1.807, 2.05) is 0 Å². The van der Waals surface area contributed by atoms with Crippen molar-refractivity contribution >= 4 is 0 Å². The van der Waals surface area contributed by atoms with E-state index in [0.717, 1.165) is 37.4 Å². The molecule has 2 heteroatoms. The summed E-state index contributed by atoms with van der Waals surface area (Å²) in [6.45, 7) is 11.0. The Labute approximate surface area is 146 Å². The van der Waals surface area contributed by atoms with Gasteiger partial charge in [-0.25, -0.2) is 0 Å². The van der Waals surface area contributed by atoms with Crippen molar-refractivity contribution in [3.05, 3.63) is 36.0 Å². The molecule has 5 aliphatic rings. The average molecular weight is 326 g/mol. The summed E-state index contributed by atoms with van der Waals surface area (Å²) in [6.07, 6.45) is 14.6. The van der Waals surface area contributed by atoms with E-state index in [1.54, 1.807) is 0 Å². The second-order valence-electron chi connectivity index (χ2n) is 9.35. The Morgan fingerprint density at radius 1 is 1.08 bits per heavy atom. The molecule has 3 fully saturated rings. The Hall–Kier alpha value is -0.860. The van der Waals surface area contributed by atoms with Gasteiger partial charge in [0, 0.05) is 6.42 Å². The van der Waals surface area contributed by atoms with Gasteiger partial charge in [0.05, 0.1) is 13.2 Å². The van der Waals surface area contributed by atoms with Crippen LogP contribution >= 0.6 is 0 Å². The van der Waals surface area contributed by atoms with E-state index >= 15 is 0 Å². The van der Waals surface area contributed by atoms with Gasteiger partial charge >= 0.3 is 0 Å². The van der Waals surface area contributed by atoms with Crippen molar-refractivity contribution in [1.29, 1.82) is 0 Å². The van der Waals surface area contributed by atoms with Crippen molar-refractivity contribution in [1.82, 2.24) is 0 Å². The quantitative estimate of drug-likeness (QED) is 0.582. The second-order valence-corrected chi connectivity index (χ2v) is 9.35. The van der Waals surface area contributed by atoms with Gasteiger partial charge in [0.2, 0.25) is 0 Å². The molecule has 0 amide bonds. The van der Waals surface area contributed by atoms with E-state index < -0.39 is 5.79 Å². The molecule has 2 nitrogen and oxygen atoms in total. The van der Waals surface area contributed by atoms with Crippen LogP contribution in [0, 0.1) is 28.6 Å². The molecule has 0 unspecified atom stereocenters. The highest BCUT2D eigenvalue weighted by molar-refractivity contribution is 5.42. The summed E-state index contributed by atoms with van der Waals surface area (Å²) in [4.78, 5) is 0. The van der Waals surface area contributed by atoms with Crippen LogP contribution in [0.3, 0.4) is 0 Å². The van der Waals surface area contributed by atoms with Gasteiger partial charge in [-0.05, 0) is 72.3 Å². The van der Waals surface area contributed by atoms with Crippen molar-refractivity contribution in [2.24, 2.45) is 28.6 Å². The van der Waals surface area contributed by atoms with Crippen LogP contribution in [0.25, 0.3) is 0 Å². The van der Waals surface area contributed by atoms with Crippen molar-refractivity contribution in [2.75, 3.05) is 13.2 Å². The van der Waals surface area contributed by atoms with Crippen molar-refractivity contribution in [2.45, 2.75) is 58.2 Å². The Morgan fingerprint density at radius 2 is 1.88 bits per heavy atom. The number of ether oxygens (including phenoxy) is 2. The molecule has 4 aliphatic carbocycles. The third kappa shape index (κ3) is 1.90. The van der Waals surface area contributed by atoms with E-state index in [-0.39, 0.29) is 5.41 Å². The van der Waals surface area contributed by atoms with Gasteiger partial charge in [0.1, 0.15) is 0 Å². The van der Waals surface area contributed by atoms with E-state index in [2.05, 4.69) is 38.7 Å². The first-order chi connectivity index (χ1) is 11.5. The lowest BCUT2D eigenvalue weighted by atomic mass is 9.46. The molecule has 2 saturated carbocycles. The van der Waals surface area contributed by atoms with E-state index in [4.69, 9.17) is 9.47 Å². The zero-order valence-corrected chi connectivity index (χ0v) is 15.1. The third-order valence-electron chi connectivity index (χ3n) is 8.19. The van der Waals surface area contributed by atoms with E-state index in [1.165, 1.54) is 43.3 Å². The molecule has 0 radical (unpaired) electrons. The zero-order chi connectivity index (χ0) is 16.6. The van der Waals surface area contributed by atoms with Gasteiger partial charge in [-0.2, -0.15) is 0 Å². The first-order valence-corrected chi connectivity index (χ1v) is 9.83. The molecule has 130 valence electrons. The summed E-state index contributed by atoms with van der Waals surface area (Å²) in [5.41, 5.74) is 3.52. The second kappa shape index (κ2) is 4.86. The fourth-order valence-electron chi connectivity index (χ4n) is 6.86. The average Bonchev–Trinajstić information content (AvgIpc) is 3.16. The maximum atomic E-state index is 6.00. The maximum Gasteiger partial charge on any atom is 0.188 e. The molecule has 0 N–H and O–H groups in total. The predicted octanol–water partition coefficient (Wildman–Crippen LogP) is 5.02. The van der Waals surface area contributed by atoms with Gasteiger partial charge < -0.3 is 9.47 Å². The Bertz CT molecular complexity index is 638. The number of rotatable bonds is 0. The molecule has 1 spiro atoms. The Balaban J connectivity index is 1.53. The fraction of sp³-hybridized carbons (Fsp3) is 0.727. The number of hydrogen-bond acceptors (Lipinski definition) is 2. The van der Waals surface area contributed by atoms with Crippen LogP contribution in [0.4, 0.5) is 0 Å². The number of fused-ring (bicyclic) bond motifs is 5. The standard InChI is InChI=1S/C22H30O2/c1-15-13-16-17-5-4-7-20(17,2)8-6-18(16)21(3)9-10-22(14-19(15)21)23-11-12-24-22/h4,7,14,16-18H,1,5-6,8-13H2,2-3H3/t16-,17-,18-,20-,21+/m0/s1. The minimum atomic E-state index is -0.442. The highest BCUT2D eigenvalue weighted by atomic mass is 16.7. The van der Waals surface area contributed by atoms with Crippen LogP contribution in [-0.2, 0) is 9.47 Å². The monoisotopic (exact) mass is 326 g/mol. The topological polar surface area (TPSA) is 18.5 Å². The Kier molecular flexibility index (Phi) is 3.12. The van der Waals surface area contributed by atoms with Gasteiger partial charge in [-0.15, -0.1) is 0 Å². The van der Waals surface area contributed by atoms with Gasteiger partial charge in [-0.1, -0.05) is 38.2 Å². The highest BCUT2D eigenvalue weighted by Crippen LogP contribution is 2.65.